The Bertz CT molecular complexity index is 2000. The van der Waals surface area contributed by atoms with E-state index in [0.717, 1.165) is 84.0 Å². The van der Waals surface area contributed by atoms with Gasteiger partial charge in [0.1, 0.15) is 18.2 Å². The van der Waals surface area contributed by atoms with E-state index in [1.54, 1.807) is 0 Å². The molecule has 0 radical (unpaired) electrons. The molecule has 2 aliphatic rings. The van der Waals surface area contributed by atoms with E-state index >= 15 is 0 Å². The van der Waals surface area contributed by atoms with Crippen molar-refractivity contribution in [3.8, 4) is 28.3 Å². The van der Waals surface area contributed by atoms with Crippen LogP contribution >= 0.6 is 12.6 Å². The lowest BCUT2D eigenvalue weighted by molar-refractivity contribution is -0.109. The second-order valence-electron chi connectivity index (χ2n) is 14.8. The number of carbonyl (C=O) groups excluding carboxylic acids is 1. The van der Waals surface area contributed by atoms with Crippen LogP contribution in [0.2, 0.25) is 0 Å². The molecule has 7 rings (SSSR count). The maximum absolute atomic E-state index is 11.1. The van der Waals surface area contributed by atoms with Gasteiger partial charge in [-0.05, 0) is 95.3 Å². The quantitative estimate of drug-likeness (QED) is 0.122. The molecule has 5 nitrogen and oxygen atoms in total. The Kier molecular flexibility index (Phi) is 8.53. The summed E-state index contributed by atoms with van der Waals surface area (Å²) in [6.45, 7) is 10.3. The molecule has 5 aromatic rings. The molecular formula is C42H46N2O3S. The first-order valence-electron chi connectivity index (χ1n) is 17.3. The van der Waals surface area contributed by atoms with E-state index in [0.29, 0.717) is 11.7 Å². The molecule has 1 saturated carbocycles. The first-order chi connectivity index (χ1) is 23.1. The summed E-state index contributed by atoms with van der Waals surface area (Å²) in [6, 6.07) is 29.7. The van der Waals surface area contributed by atoms with Crippen LogP contribution in [0.15, 0.2) is 84.9 Å². The molecule has 1 N–H and O–H groups in total. The Hall–Kier alpha value is -3.87. The third kappa shape index (κ3) is 5.38. The zero-order valence-electron chi connectivity index (χ0n) is 28.5. The second-order valence-corrected chi connectivity index (χ2v) is 15.5. The molecule has 6 heteroatoms. The predicted octanol–water partition coefficient (Wildman–Crippen LogP) is 9.33. The van der Waals surface area contributed by atoms with Gasteiger partial charge in [-0.25, -0.2) is 4.98 Å². The van der Waals surface area contributed by atoms with Crippen LogP contribution in [0.1, 0.15) is 81.5 Å². The van der Waals surface area contributed by atoms with Crippen molar-refractivity contribution in [1.82, 2.24) is 9.55 Å². The minimum Gasteiger partial charge on any atom is -0.486 e. The summed E-state index contributed by atoms with van der Waals surface area (Å²) in [7, 11) is 0. The van der Waals surface area contributed by atoms with E-state index in [1.807, 2.05) is 36.4 Å². The molecule has 2 unspecified atom stereocenters. The van der Waals surface area contributed by atoms with Crippen molar-refractivity contribution in [3.63, 3.8) is 0 Å². The number of imidazole rings is 1. The zero-order chi connectivity index (χ0) is 33.7. The Balaban J connectivity index is 1.35. The summed E-state index contributed by atoms with van der Waals surface area (Å²) in [6.07, 6.45) is 6.19. The van der Waals surface area contributed by atoms with Gasteiger partial charge in [0.15, 0.2) is 6.29 Å². The van der Waals surface area contributed by atoms with E-state index in [4.69, 9.17) is 22.3 Å². The largest absolute Gasteiger partial charge is 0.486 e. The maximum atomic E-state index is 11.1. The Morgan fingerprint density at radius 1 is 0.938 bits per heavy atom. The highest BCUT2D eigenvalue weighted by atomic mass is 32.1. The van der Waals surface area contributed by atoms with Gasteiger partial charge < -0.3 is 14.4 Å². The summed E-state index contributed by atoms with van der Waals surface area (Å²) in [5, 5.41) is 9.76. The lowest BCUT2D eigenvalue weighted by Crippen LogP contribution is -2.62. The molecule has 0 aliphatic heterocycles. The van der Waals surface area contributed by atoms with E-state index in [-0.39, 0.29) is 28.8 Å². The fourth-order valence-electron chi connectivity index (χ4n) is 8.83. The van der Waals surface area contributed by atoms with Gasteiger partial charge in [0.05, 0.1) is 17.6 Å². The van der Waals surface area contributed by atoms with Gasteiger partial charge in [0.2, 0.25) is 0 Å². The number of carbonyl (C=O) groups is 1. The van der Waals surface area contributed by atoms with Gasteiger partial charge in [-0.15, -0.1) is 0 Å². The minimum atomic E-state index is -0.224. The molecule has 1 heterocycles. The number of hydrogen-bond acceptors (Lipinski definition) is 5. The van der Waals surface area contributed by atoms with Crippen LogP contribution in [0.4, 0.5) is 0 Å². The molecule has 3 atom stereocenters. The summed E-state index contributed by atoms with van der Waals surface area (Å²) in [5.41, 5.74) is 10.1. The molecule has 0 saturated heterocycles. The van der Waals surface area contributed by atoms with Crippen molar-refractivity contribution in [3.05, 3.63) is 107 Å². The van der Waals surface area contributed by atoms with Crippen molar-refractivity contribution >= 4 is 29.9 Å². The second kappa shape index (κ2) is 12.5. The molecule has 4 aromatic carbocycles. The minimum absolute atomic E-state index is 0.00369. The van der Waals surface area contributed by atoms with Crippen molar-refractivity contribution in [2.45, 2.75) is 89.0 Å². The average Bonchev–Trinajstić information content (AvgIpc) is 3.45. The molecule has 48 heavy (non-hydrogen) atoms. The highest BCUT2D eigenvalue weighted by Gasteiger charge is 2.61. The van der Waals surface area contributed by atoms with Crippen LogP contribution in [0.3, 0.4) is 0 Å². The molecule has 0 amide bonds. The normalized spacial score (nSPS) is 23.6. The summed E-state index contributed by atoms with van der Waals surface area (Å²) < 4.78 is 7.90. The van der Waals surface area contributed by atoms with Crippen LogP contribution in [0.5, 0.6) is 5.75 Å². The Morgan fingerprint density at radius 2 is 1.73 bits per heavy atom. The van der Waals surface area contributed by atoms with Gasteiger partial charge in [-0.1, -0.05) is 88.7 Å². The average molecular weight is 659 g/mol. The molecule has 0 spiro atoms. The van der Waals surface area contributed by atoms with Crippen molar-refractivity contribution in [2.24, 2.45) is 5.41 Å². The van der Waals surface area contributed by atoms with Crippen molar-refractivity contribution in [1.29, 1.82) is 0 Å². The highest BCUT2D eigenvalue weighted by Crippen LogP contribution is 2.64. The number of aromatic nitrogens is 2. The predicted molar refractivity (Wildman–Crippen MR) is 198 cm³/mol. The number of fused-ring (bicyclic) bond motifs is 4. The lowest BCUT2D eigenvalue weighted by atomic mass is 9.49. The summed E-state index contributed by atoms with van der Waals surface area (Å²) in [4.78, 5) is 16.4. The standard InChI is InChI=1S/C42H46N2O3S/c1-28(2)30-12-14-36-33(23-30)16-19-42(48)40(3,17-7-18-41(36,42)4)27-44-38-15-13-32(31-9-5-8-29(22-31)26-46)25-37(38)43-39(44)34-10-6-11-35(24-34)47-21-20-45/h5-6,8-15,20,22-25,28,46,48H,7,16-19,21,26-27H2,1-4H3/t40?,41?,42-/m1/s1. The Labute approximate surface area is 289 Å². The smallest absolute Gasteiger partial charge is 0.157 e. The summed E-state index contributed by atoms with van der Waals surface area (Å²) in [5.74, 6) is 2.04. The highest BCUT2D eigenvalue weighted by molar-refractivity contribution is 7.82. The molecular weight excluding hydrogens is 613 g/mol. The van der Waals surface area contributed by atoms with Crippen LogP contribution < -0.4 is 4.74 Å². The number of ether oxygens (including phenoxy) is 1. The fraction of sp³-hybridized carbons (Fsp3) is 0.381. The SMILES string of the molecule is CC(C)c1ccc2c(c1)CC[C@@]1(S)C(C)(Cn3c(-c4cccc(OCC=O)c4)nc4cc(-c5cccc(CO)c5)ccc43)CCCC21C. The van der Waals surface area contributed by atoms with Crippen molar-refractivity contribution < 1.29 is 14.6 Å². The number of hydrogen-bond donors (Lipinski definition) is 2. The number of rotatable bonds is 9. The third-order valence-electron chi connectivity index (χ3n) is 11.6. The Morgan fingerprint density at radius 3 is 2.52 bits per heavy atom. The number of nitrogens with zero attached hydrogens (tertiary/aromatic N) is 2. The monoisotopic (exact) mass is 658 g/mol. The van der Waals surface area contributed by atoms with Gasteiger partial charge in [-0.2, -0.15) is 12.6 Å². The van der Waals surface area contributed by atoms with Crippen LogP contribution in [-0.4, -0.2) is 32.3 Å². The lowest BCUT2D eigenvalue weighted by Gasteiger charge is -2.62. The van der Waals surface area contributed by atoms with Gasteiger partial charge in [0, 0.05) is 27.7 Å². The number of aliphatic hydroxyl groups excluding tert-OH is 1. The van der Waals surface area contributed by atoms with Crippen LogP contribution in [0.25, 0.3) is 33.5 Å². The molecule has 0 bridgehead atoms. The number of aryl methyl sites for hydroxylation is 1. The fourth-order valence-corrected chi connectivity index (χ4v) is 9.36. The van der Waals surface area contributed by atoms with E-state index in [2.05, 4.69) is 80.8 Å². The topological polar surface area (TPSA) is 64.4 Å². The zero-order valence-corrected chi connectivity index (χ0v) is 29.4. The van der Waals surface area contributed by atoms with E-state index in [1.165, 1.54) is 16.7 Å². The first-order valence-corrected chi connectivity index (χ1v) is 17.8. The molecule has 248 valence electrons. The van der Waals surface area contributed by atoms with E-state index in [9.17, 15) is 9.90 Å². The molecule has 1 aromatic heterocycles. The molecule has 1 fully saturated rings. The number of benzene rings is 4. The summed E-state index contributed by atoms with van der Waals surface area (Å²) >= 11 is 5.79. The third-order valence-corrected chi connectivity index (χ3v) is 12.8. The maximum Gasteiger partial charge on any atom is 0.157 e. The number of thiol groups is 1. The number of aldehydes is 1. The molecule has 2 aliphatic carbocycles. The van der Waals surface area contributed by atoms with E-state index < -0.39 is 0 Å². The number of aliphatic hydroxyl groups is 1. The van der Waals surface area contributed by atoms with Crippen LogP contribution in [-0.2, 0) is 29.8 Å². The van der Waals surface area contributed by atoms with Gasteiger partial charge in [0.25, 0.3) is 0 Å². The van der Waals surface area contributed by atoms with Gasteiger partial charge >= 0.3 is 0 Å². The van der Waals surface area contributed by atoms with Gasteiger partial charge in [-0.3, -0.25) is 4.79 Å². The van der Waals surface area contributed by atoms with Crippen molar-refractivity contribution in [2.75, 3.05) is 6.61 Å². The first kappa shape index (κ1) is 32.7. The van der Waals surface area contributed by atoms with Crippen LogP contribution in [0, 0.1) is 5.41 Å².